The number of anilines is 1. The Balaban J connectivity index is 1.64. The van der Waals surface area contributed by atoms with E-state index in [1.807, 2.05) is 29.2 Å². The zero-order chi connectivity index (χ0) is 17.3. The number of carbonyl (C=O) groups excluding carboxylic acids is 2. The van der Waals surface area contributed by atoms with Gasteiger partial charge in [0.05, 0.1) is 11.6 Å². The molecule has 1 atom stereocenters. The normalized spacial score (nSPS) is 22.5. The van der Waals surface area contributed by atoms with Crippen LogP contribution in [-0.2, 0) is 9.59 Å². The van der Waals surface area contributed by atoms with Crippen molar-refractivity contribution in [2.24, 2.45) is 5.92 Å². The summed E-state index contributed by atoms with van der Waals surface area (Å²) in [4.78, 5) is 31.1. The summed E-state index contributed by atoms with van der Waals surface area (Å²) < 4.78 is 0.887. The predicted octanol–water partition coefficient (Wildman–Crippen LogP) is 2.35. The highest BCUT2D eigenvalue weighted by Gasteiger charge is 2.38. The average Bonchev–Trinajstić information content (AvgIpc) is 2.96. The Hall–Kier alpha value is -1.40. The zero-order valence-corrected chi connectivity index (χ0v) is 15.8. The maximum atomic E-state index is 12.8. The Morgan fingerprint density at radius 1 is 1.21 bits per heavy atom. The lowest BCUT2D eigenvalue weighted by atomic mass is 10.0. The van der Waals surface area contributed by atoms with Gasteiger partial charge < -0.3 is 14.7 Å². The number of nitrogens with zero attached hydrogens (tertiary/aromatic N) is 3. The van der Waals surface area contributed by atoms with E-state index in [1.165, 1.54) is 0 Å². The Morgan fingerprint density at radius 2 is 1.88 bits per heavy atom. The van der Waals surface area contributed by atoms with E-state index < -0.39 is 0 Å². The lowest BCUT2D eigenvalue weighted by Gasteiger charge is -2.36. The van der Waals surface area contributed by atoms with Crippen LogP contribution in [0.25, 0.3) is 0 Å². The molecule has 3 rings (SSSR count). The van der Waals surface area contributed by atoms with Gasteiger partial charge in [0.1, 0.15) is 0 Å². The summed E-state index contributed by atoms with van der Waals surface area (Å²) in [7, 11) is 4.18. The van der Waals surface area contributed by atoms with Gasteiger partial charge >= 0.3 is 0 Å². The van der Waals surface area contributed by atoms with E-state index in [0.717, 1.165) is 36.1 Å². The first-order valence-electron chi connectivity index (χ1n) is 8.47. The third-order valence-corrected chi connectivity index (χ3v) is 5.79. The monoisotopic (exact) mass is 393 g/mol. The van der Waals surface area contributed by atoms with Crippen LogP contribution >= 0.6 is 15.9 Å². The van der Waals surface area contributed by atoms with Crippen LogP contribution < -0.4 is 4.90 Å². The number of rotatable bonds is 3. The highest BCUT2D eigenvalue weighted by atomic mass is 79.9. The molecule has 6 heteroatoms. The number of carbonyl (C=O) groups is 2. The molecule has 0 N–H and O–H groups in total. The number of likely N-dealkylation sites (tertiary alicyclic amines) is 1. The molecule has 130 valence electrons. The van der Waals surface area contributed by atoms with Crippen LogP contribution in [0, 0.1) is 5.92 Å². The molecule has 1 unspecified atom stereocenters. The molecule has 0 aliphatic carbocycles. The Bertz CT molecular complexity index is 626. The van der Waals surface area contributed by atoms with E-state index in [2.05, 4.69) is 34.9 Å². The standard InChI is InChI=1S/C18H24BrN3O2/c1-20(2)14-7-9-21(10-8-14)18(24)13-11-17(23)22(12-13)16-6-4-3-5-15(16)19/h3-6,13-14H,7-12H2,1-2H3. The maximum absolute atomic E-state index is 12.8. The molecule has 0 bridgehead atoms. The maximum Gasteiger partial charge on any atom is 0.228 e. The number of benzene rings is 1. The van der Waals surface area contributed by atoms with Gasteiger partial charge in [0.2, 0.25) is 11.8 Å². The number of piperidine rings is 1. The van der Waals surface area contributed by atoms with Crippen molar-refractivity contribution in [2.75, 3.05) is 38.6 Å². The van der Waals surface area contributed by atoms with E-state index in [-0.39, 0.29) is 17.7 Å². The van der Waals surface area contributed by atoms with Crippen molar-refractivity contribution < 1.29 is 9.59 Å². The fraction of sp³-hybridized carbons (Fsp3) is 0.556. The van der Waals surface area contributed by atoms with E-state index >= 15 is 0 Å². The molecule has 0 spiro atoms. The molecule has 2 aliphatic heterocycles. The lowest BCUT2D eigenvalue weighted by molar-refractivity contribution is -0.137. The smallest absolute Gasteiger partial charge is 0.228 e. The third-order valence-electron chi connectivity index (χ3n) is 5.12. The molecule has 2 aliphatic rings. The third kappa shape index (κ3) is 3.49. The number of amides is 2. The highest BCUT2D eigenvalue weighted by molar-refractivity contribution is 9.10. The van der Waals surface area contributed by atoms with Gasteiger partial charge in [-0.25, -0.2) is 0 Å². The van der Waals surface area contributed by atoms with Crippen molar-refractivity contribution in [1.29, 1.82) is 0 Å². The molecule has 2 amide bonds. The fourth-order valence-electron chi connectivity index (χ4n) is 3.64. The molecule has 2 heterocycles. The van der Waals surface area contributed by atoms with Crippen LogP contribution in [-0.4, -0.2) is 61.4 Å². The molecule has 0 saturated carbocycles. The number of hydrogen-bond acceptors (Lipinski definition) is 3. The second-order valence-corrected chi connectivity index (χ2v) is 7.73. The predicted molar refractivity (Wildman–Crippen MR) is 97.9 cm³/mol. The Morgan fingerprint density at radius 3 is 2.50 bits per heavy atom. The molecule has 5 nitrogen and oxygen atoms in total. The molecular formula is C18H24BrN3O2. The topological polar surface area (TPSA) is 43.9 Å². The summed E-state index contributed by atoms with van der Waals surface area (Å²) in [5.74, 6) is -0.0564. The summed E-state index contributed by atoms with van der Waals surface area (Å²) in [6.45, 7) is 2.07. The van der Waals surface area contributed by atoms with Gasteiger partial charge in [0, 0.05) is 36.6 Å². The molecule has 1 aromatic carbocycles. The molecule has 2 saturated heterocycles. The van der Waals surface area contributed by atoms with Gasteiger partial charge in [-0.05, 0) is 55.0 Å². The van der Waals surface area contributed by atoms with E-state index in [1.54, 1.807) is 4.90 Å². The minimum Gasteiger partial charge on any atom is -0.342 e. The van der Waals surface area contributed by atoms with Crippen LogP contribution in [0.1, 0.15) is 19.3 Å². The van der Waals surface area contributed by atoms with Gasteiger partial charge in [0.15, 0.2) is 0 Å². The highest BCUT2D eigenvalue weighted by Crippen LogP contribution is 2.32. The molecule has 0 aromatic heterocycles. The summed E-state index contributed by atoms with van der Waals surface area (Å²) in [5.41, 5.74) is 0.851. The van der Waals surface area contributed by atoms with E-state index in [9.17, 15) is 9.59 Å². The van der Waals surface area contributed by atoms with Crippen LogP contribution in [0.2, 0.25) is 0 Å². The first-order valence-corrected chi connectivity index (χ1v) is 9.26. The number of halogens is 1. The Kier molecular flexibility index (Phi) is 5.25. The van der Waals surface area contributed by atoms with Gasteiger partial charge in [-0.3, -0.25) is 9.59 Å². The first kappa shape index (κ1) is 17.4. The van der Waals surface area contributed by atoms with Crippen LogP contribution in [0.3, 0.4) is 0 Å². The van der Waals surface area contributed by atoms with Crippen molar-refractivity contribution in [1.82, 2.24) is 9.80 Å². The van der Waals surface area contributed by atoms with Crippen molar-refractivity contribution >= 4 is 33.4 Å². The zero-order valence-electron chi connectivity index (χ0n) is 14.2. The SMILES string of the molecule is CN(C)C1CCN(C(=O)C2CC(=O)N(c3ccccc3Br)C2)CC1. The van der Waals surface area contributed by atoms with E-state index in [0.29, 0.717) is 19.0 Å². The van der Waals surface area contributed by atoms with Crippen molar-refractivity contribution in [2.45, 2.75) is 25.3 Å². The number of hydrogen-bond donors (Lipinski definition) is 0. The van der Waals surface area contributed by atoms with Gasteiger partial charge in [-0.15, -0.1) is 0 Å². The quantitative estimate of drug-likeness (QED) is 0.791. The minimum absolute atomic E-state index is 0.0310. The summed E-state index contributed by atoms with van der Waals surface area (Å²) in [6, 6.07) is 8.22. The molecule has 2 fully saturated rings. The fourth-order valence-corrected chi connectivity index (χ4v) is 4.14. The second kappa shape index (κ2) is 7.23. The largest absolute Gasteiger partial charge is 0.342 e. The van der Waals surface area contributed by atoms with Crippen molar-refractivity contribution in [3.05, 3.63) is 28.7 Å². The summed E-state index contributed by atoms with van der Waals surface area (Å²) >= 11 is 3.49. The minimum atomic E-state index is -0.222. The van der Waals surface area contributed by atoms with E-state index in [4.69, 9.17) is 0 Å². The summed E-state index contributed by atoms with van der Waals surface area (Å²) in [5, 5.41) is 0. The molecule has 1 aromatic rings. The average molecular weight is 394 g/mol. The Labute approximate surface area is 151 Å². The molecule has 24 heavy (non-hydrogen) atoms. The van der Waals surface area contributed by atoms with Gasteiger partial charge in [-0.1, -0.05) is 12.1 Å². The molecular weight excluding hydrogens is 370 g/mol. The van der Waals surface area contributed by atoms with Crippen LogP contribution in [0.5, 0.6) is 0 Å². The molecule has 0 radical (unpaired) electrons. The lowest BCUT2D eigenvalue weighted by Crippen LogP contribution is -2.46. The van der Waals surface area contributed by atoms with Crippen LogP contribution in [0.15, 0.2) is 28.7 Å². The number of para-hydroxylation sites is 1. The van der Waals surface area contributed by atoms with Gasteiger partial charge in [-0.2, -0.15) is 0 Å². The summed E-state index contributed by atoms with van der Waals surface area (Å²) in [6.07, 6.45) is 2.33. The second-order valence-electron chi connectivity index (χ2n) is 6.88. The van der Waals surface area contributed by atoms with Crippen LogP contribution in [0.4, 0.5) is 5.69 Å². The first-order chi connectivity index (χ1) is 11.5. The van der Waals surface area contributed by atoms with Crippen molar-refractivity contribution in [3.63, 3.8) is 0 Å². The van der Waals surface area contributed by atoms with Crippen molar-refractivity contribution in [3.8, 4) is 0 Å². The van der Waals surface area contributed by atoms with Gasteiger partial charge in [0.25, 0.3) is 0 Å².